The first-order valence-corrected chi connectivity index (χ1v) is 11.7. The van der Waals surface area contributed by atoms with E-state index in [1.807, 2.05) is 57.4 Å². The highest BCUT2D eigenvalue weighted by molar-refractivity contribution is 5.80. The average molecular weight is 466 g/mol. The van der Waals surface area contributed by atoms with Gasteiger partial charge in [-0.05, 0) is 62.7 Å². The largest absolute Gasteiger partial charge is 0.426 e. The van der Waals surface area contributed by atoms with Crippen LogP contribution in [0.4, 0.5) is 4.39 Å². The van der Waals surface area contributed by atoms with Crippen LogP contribution in [0.3, 0.4) is 0 Å². The second-order valence-electron chi connectivity index (χ2n) is 8.78. The maximum atomic E-state index is 14.4. The Morgan fingerprint density at radius 3 is 2.09 bits per heavy atom. The van der Waals surface area contributed by atoms with E-state index in [2.05, 4.69) is 11.8 Å². The number of rotatable bonds is 8. The summed E-state index contributed by atoms with van der Waals surface area (Å²) in [5.74, 6) is -0.439. The fourth-order valence-corrected chi connectivity index (χ4v) is 3.58. The molecule has 3 atom stereocenters. The summed E-state index contributed by atoms with van der Waals surface area (Å²) in [7, 11) is 4.05. The molecule has 5 heteroatoms. The molecule has 34 heavy (non-hydrogen) atoms. The SMILES string of the molecule is CC(C(=O)Oc1ccccc1)c1ccc(-c2ccccc2)c(F)c1.CC[C@@H](O)C(C)CN(C)C. The Hall–Kier alpha value is -3.02. The molecule has 0 spiro atoms. The summed E-state index contributed by atoms with van der Waals surface area (Å²) in [4.78, 5) is 14.3. The average Bonchev–Trinajstić information content (AvgIpc) is 2.84. The molecule has 0 fully saturated rings. The molecule has 1 N–H and O–H groups in total. The molecule has 182 valence electrons. The van der Waals surface area contributed by atoms with Crippen LogP contribution >= 0.6 is 0 Å². The molecule has 4 nitrogen and oxygen atoms in total. The standard InChI is InChI=1S/C21H17FO2.C8H19NO/c1-15(21(23)24-18-10-6-3-7-11-18)17-12-13-19(20(22)14-17)16-8-4-2-5-9-16;1-5-8(10)7(2)6-9(3)4/h2-15H,1H3;7-8,10H,5-6H2,1-4H3/t;7?,8-/m.1/s1. The molecule has 0 aliphatic carbocycles. The Labute approximate surface area is 203 Å². The van der Waals surface area contributed by atoms with Gasteiger partial charge in [0.1, 0.15) is 11.6 Å². The monoisotopic (exact) mass is 465 g/mol. The molecule has 0 heterocycles. The first-order chi connectivity index (χ1) is 16.2. The topological polar surface area (TPSA) is 49.8 Å². The Balaban J connectivity index is 0.000000347. The molecule has 3 aromatic carbocycles. The van der Waals surface area contributed by atoms with E-state index in [4.69, 9.17) is 4.74 Å². The molecular formula is C29H36FNO3. The molecule has 0 aliphatic heterocycles. The lowest BCUT2D eigenvalue weighted by molar-refractivity contribution is -0.135. The van der Waals surface area contributed by atoms with Gasteiger partial charge < -0.3 is 14.7 Å². The summed E-state index contributed by atoms with van der Waals surface area (Å²) < 4.78 is 19.8. The first-order valence-electron chi connectivity index (χ1n) is 11.7. The van der Waals surface area contributed by atoms with Crippen LogP contribution in [0.5, 0.6) is 5.75 Å². The molecule has 0 radical (unpaired) electrons. The van der Waals surface area contributed by atoms with E-state index in [0.29, 0.717) is 22.8 Å². The van der Waals surface area contributed by atoms with Crippen LogP contribution < -0.4 is 4.74 Å². The predicted octanol–water partition coefficient (Wildman–Crippen LogP) is 6.16. The minimum atomic E-state index is -0.551. The van der Waals surface area contributed by atoms with Gasteiger partial charge in [0, 0.05) is 12.1 Å². The highest BCUT2D eigenvalue weighted by Crippen LogP contribution is 2.27. The van der Waals surface area contributed by atoms with E-state index < -0.39 is 11.9 Å². The van der Waals surface area contributed by atoms with Crippen LogP contribution in [-0.4, -0.2) is 42.7 Å². The van der Waals surface area contributed by atoms with Crippen molar-refractivity contribution in [2.24, 2.45) is 5.92 Å². The second kappa shape index (κ2) is 13.6. The number of aliphatic hydroxyl groups is 1. The molecule has 0 aromatic heterocycles. The van der Waals surface area contributed by atoms with Gasteiger partial charge in [-0.1, -0.05) is 74.5 Å². The molecule has 0 bridgehead atoms. The predicted molar refractivity (Wildman–Crippen MR) is 136 cm³/mol. The van der Waals surface area contributed by atoms with Gasteiger partial charge in [0.2, 0.25) is 0 Å². The zero-order chi connectivity index (χ0) is 25.1. The van der Waals surface area contributed by atoms with Crippen molar-refractivity contribution in [3.63, 3.8) is 0 Å². The molecule has 0 amide bonds. The van der Waals surface area contributed by atoms with Crippen molar-refractivity contribution >= 4 is 5.97 Å². The fraction of sp³-hybridized carbons (Fsp3) is 0.345. The molecule has 0 aliphatic rings. The van der Waals surface area contributed by atoms with Gasteiger partial charge in [-0.2, -0.15) is 0 Å². The molecule has 3 aromatic rings. The molecule has 2 unspecified atom stereocenters. The van der Waals surface area contributed by atoms with Crippen molar-refractivity contribution in [1.82, 2.24) is 4.90 Å². The maximum absolute atomic E-state index is 14.4. The molecule has 3 rings (SSSR count). The summed E-state index contributed by atoms with van der Waals surface area (Å²) in [6.07, 6.45) is 0.719. The minimum Gasteiger partial charge on any atom is -0.426 e. The zero-order valence-electron chi connectivity index (χ0n) is 20.7. The van der Waals surface area contributed by atoms with Crippen LogP contribution in [-0.2, 0) is 4.79 Å². The zero-order valence-corrected chi connectivity index (χ0v) is 20.7. The van der Waals surface area contributed by atoms with Gasteiger partial charge in [-0.3, -0.25) is 4.79 Å². The van der Waals surface area contributed by atoms with Gasteiger partial charge in [-0.25, -0.2) is 4.39 Å². The first kappa shape index (κ1) is 27.2. The molecule has 0 saturated heterocycles. The van der Waals surface area contributed by atoms with Crippen molar-refractivity contribution in [2.45, 2.75) is 39.2 Å². The number of carbonyl (C=O) groups is 1. The van der Waals surface area contributed by atoms with Crippen LogP contribution in [0.2, 0.25) is 0 Å². The molecule has 0 saturated carbocycles. The van der Waals surface area contributed by atoms with E-state index in [1.54, 1.807) is 43.3 Å². The Bertz CT molecular complexity index is 1010. The third-order valence-electron chi connectivity index (χ3n) is 5.62. The Morgan fingerprint density at radius 1 is 0.971 bits per heavy atom. The van der Waals surface area contributed by atoms with Crippen molar-refractivity contribution in [2.75, 3.05) is 20.6 Å². The van der Waals surface area contributed by atoms with Gasteiger partial charge in [0.25, 0.3) is 0 Å². The number of para-hydroxylation sites is 1. The van der Waals surface area contributed by atoms with Crippen molar-refractivity contribution < 1.29 is 19.0 Å². The lowest BCUT2D eigenvalue weighted by Crippen LogP contribution is -2.28. The third-order valence-corrected chi connectivity index (χ3v) is 5.62. The number of ether oxygens (including phenoxy) is 1. The van der Waals surface area contributed by atoms with E-state index in [-0.39, 0.29) is 11.9 Å². The smallest absolute Gasteiger partial charge is 0.318 e. The van der Waals surface area contributed by atoms with Gasteiger partial charge in [0.05, 0.1) is 12.0 Å². The van der Waals surface area contributed by atoms with Gasteiger partial charge in [-0.15, -0.1) is 0 Å². The maximum Gasteiger partial charge on any atom is 0.318 e. The normalized spacial score (nSPS) is 13.4. The number of aliphatic hydroxyl groups excluding tert-OH is 1. The summed E-state index contributed by atoms with van der Waals surface area (Å²) in [5.41, 5.74) is 1.91. The lowest BCUT2D eigenvalue weighted by atomic mass is 9.97. The highest BCUT2D eigenvalue weighted by Gasteiger charge is 2.19. The Kier molecular flexibility index (Phi) is 10.9. The van der Waals surface area contributed by atoms with Crippen LogP contribution in [0, 0.1) is 11.7 Å². The number of esters is 1. The van der Waals surface area contributed by atoms with Gasteiger partial charge in [0.15, 0.2) is 0 Å². The minimum absolute atomic E-state index is 0.137. The number of nitrogens with zero attached hydrogens (tertiary/aromatic N) is 1. The van der Waals surface area contributed by atoms with E-state index in [1.165, 1.54) is 6.07 Å². The molecular weight excluding hydrogens is 429 g/mol. The van der Waals surface area contributed by atoms with Crippen LogP contribution in [0.15, 0.2) is 78.9 Å². The van der Waals surface area contributed by atoms with Crippen LogP contribution in [0.1, 0.15) is 38.7 Å². The van der Waals surface area contributed by atoms with E-state index >= 15 is 0 Å². The van der Waals surface area contributed by atoms with Crippen LogP contribution in [0.25, 0.3) is 11.1 Å². The number of hydrogen-bond acceptors (Lipinski definition) is 4. The van der Waals surface area contributed by atoms with Crippen molar-refractivity contribution in [3.8, 4) is 16.9 Å². The summed E-state index contributed by atoms with van der Waals surface area (Å²) in [5, 5.41) is 9.35. The summed E-state index contributed by atoms with van der Waals surface area (Å²) in [6.45, 7) is 6.77. The van der Waals surface area contributed by atoms with E-state index in [0.717, 1.165) is 18.5 Å². The van der Waals surface area contributed by atoms with Gasteiger partial charge >= 0.3 is 5.97 Å². The lowest BCUT2D eigenvalue weighted by Gasteiger charge is -2.20. The third kappa shape index (κ3) is 8.40. The summed E-state index contributed by atoms with van der Waals surface area (Å²) in [6, 6.07) is 23.0. The second-order valence-corrected chi connectivity index (χ2v) is 8.78. The van der Waals surface area contributed by atoms with Crippen molar-refractivity contribution in [1.29, 1.82) is 0 Å². The number of benzene rings is 3. The Morgan fingerprint density at radius 2 is 1.56 bits per heavy atom. The quantitative estimate of drug-likeness (QED) is 0.320. The number of halogens is 1. The van der Waals surface area contributed by atoms with E-state index in [9.17, 15) is 14.3 Å². The fourth-order valence-electron chi connectivity index (χ4n) is 3.58. The number of carbonyl (C=O) groups excluding carboxylic acids is 1. The number of hydrogen-bond donors (Lipinski definition) is 1. The highest BCUT2D eigenvalue weighted by atomic mass is 19.1. The summed E-state index contributed by atoms with van der Waals surface area (Å²) >= 11 is 0. The van der Waals surface area contributed by atoms with Crippen molar-refractivity contribution in [3.05, 3.63) is 90.2 Å².